The van der Waals surface area contributed by atoms with E-state index < -0.39 is 29.3 Å². The molecule has 8 heteroatoms. The minimum absolute atomic E-state index is 0.0304. The van der Waals surface area contributed by atoms with Crippen LogP contribution in [0, 0.1) is 11.6 Å². The molecule has 0 aliphatic carbocycles. The Labute approximate surface area is 179 Å². The molecule has 1 aliphatic heterocycles. The van der Waals surface area contributed by atoms with Gasteiger partial charge in [0.15, 0.2) is 0 Å². The predicted octanol–water partition coefficient (Wildman–Crippen LogP) is 6.54. The van der Waals surface area contributed by atoms with Crippen molar-refractivity contribution in [1.82, 2.24) is 0 Å². The number of halogens is 5. The molecule has 0 bridgehead atoms. The van der Waals surface area contributed by atoms with Crippen molar-refractivity contribution in [3.05, 3.63) is 89.5 Å². The third-order valence-electron chi connectivity index (χ3n) is 4.99. The molecule has 2 unspecified atom stereocenters. The molecule has 0 spiro atoms. The molecule has 1 heterocycles. The number of hydrogen-bond acceptors (Lipinski definition) is 3. The van der Waals surface area contributed by atoms with Gasteiger partial charge in [0.2, 0.25) is 0 Å². The third-order valence-corrected chi connectivity index (χ3v) is 5.73. The third kappa shape index (κ3) is 4.80. The summed E-state index contributed by atoms with van der Waals surface area (Å²) in [6, 6.07) is 15.9. The maximum absolute atomic E-state index is 14.1. The number of aliphatic imine (C=N–C) groups is 1. The summed E-state index contributed by atoms with van der Waals surface area (Å²) in [7, 11) is 0. The first-order valence-corrected chi connectivity index (χ1v) is 10.2. The van der Waals surface area contributed by atoms with Crippen LogP contribution in [0.15, 0.2) is 76.6 Å². The van der Waals surface area contributed by atoms with Crippen LogP contribution in [0.4, 0.5) is 22.0 Å². The van der Waals surface area contributed by atoms with Crippen LogP contribution in [-0.2, 0) is 0 Å². The highest BCUT2D eigenvalue weighted by atomic mass is 32.2. The van der Waals surface area contributed by atoms with E-state index in [-0.39, 0.29) is 34.4 Å². The summed E-state index contributed by atoms with van der Waals surface area (Å²) in [6.45, 7) is 0. The molecule has 1 N–H and O–H groups in total. The van der Waals surface area contributed by atoms with E-state index in [0.29, 0.717) is 5.56 Å². The Morgan fingerprint density at radius 3 is 1.94 bits per heavy atom. The Morgan fingerprint density at radius 1 is 0.839 bits per heavy atom. The summed E-state index contributed by atoms with van der Waals surface area (Å²) in [5, 5.41) is 10.4. The Kier molecular flexibility index (Phi) is 5.85. The lowest BCUT2D eigenvalue weighted by atomic mass is 9.97. The van der Waals surface area contributed by atoms with Crippen molar-refractivity contribution in [2.45, 2.75) is 29.0 Å². The van der Waals surface area contributed by atoms with Gasteiger partial charge in [-0.1, -0.05) is 42.5 Å². The highest BCUT2D eigenvalue weighted by Gasteiger charge is 2.32. The van der Waals surface area contributed by atoms with Crippen molar-refractivity contribution in [2.24, 2.45) is 4.99 Å². The molecule has 1 aliphatic rings. The van der Waals surface area contributed by atoms with E-state index in [1.165, 1.54) is 18.2 Å². The van der Waals surface area contributed by atoms with Crippen molar-refractivity contribution >= 4 is 17.5 Å². The van der Waals surface area contributed by atoms with Gasteiger partial charge in [-0.15, -0.1) is 0 Å². The first-order valence-electron chi connectivity index (χ1n) is 9.36. The van der Waals surface area contributed by atoms with Crippen molar-refractivity contribution < 1.29 is 27.1 Å². The number of hydrogen-bond donors (Lipinski definition) is 1. The van der Waals surface area contributed by atoms with Crippen LogP contribution in [0.2, 0.25) is 0 Å². The molecule has 2 nitrogen and oxygen atoms in total. The SMILES string of the molecule is OC1CC(c2c(F)cccc2F)=NC1c1ccc(-c2ccc(SC(F)(F)F)cc2)cc1. The quantitative estimate of drug-likeness (QED) is 0.362. The smallest absolute Gasteiger partial charge is 0.390 e. The largest absolute Gasteiger partial charge is 0.446 e. The fourth-order valence-corrected chi connectivity index (χ4v) is 4.11. The number of alkyl halides is 3. The minimum Gasteiger partial charge on any atom is -0.390 e. The monoisotopic (exact) mass is 449 g/mol. The van der Waals surface area contributed by atoms with Gasteiger partial charge >= 0.3 is 5.51 Å². The second kappa shape index (κ2) is 8.43. The van der Waals surface area contributed by atoms with E-state index >= 15 is 0 Å². The standard InChI is InChI=1S/C23H16F5NOS/c24-17-2-1-3-18(25)21(17)19-12-20(30)22(29-19)15-6-4-13(5-7-15)14-8-10-16(11-9-14)31-23(26,27)28/h1-11,20,22,30H,12H2. The summed E-state index contributed by atoms with van der Waals surface area (Å²) < 4.78 is 65.5. The average Bonchev–Trinajstić information content (AvgIpc) is 3.08. The molecule has 0 saturated carbocycles. The number of rotatable bonds is 4. The van der Waals surface area contributed by atoms with Crippen LogP contribution < -0.4 is 0 Å². The van der Waals surface area contributed by atoms with E-state index in [0.717, 1.165) is 23.3 Å². The van der Waals surface area contributed by atoms with Crippen LogP contribution in [0.1, 0.15) is 23.6 Å². The molecule has 0 saturated heterocycles. The maximum Gasteiger partial charge on any atom is 0.446 e. The van der Waals surface area contributed by atoms with Crippen LogP contribution in [0.5, 0.6) is 0 Å². The van der Waals surface area contributed by atoms with Gasteiger partial charge < -0.3 is 5.11 Å². The minimum atomic E-state index is -4.34. The first-order chi connectivity index (χ1) is 14.7. The van der Waals surface area contributed by atoms with Gasteiger partial charge in [-0.05, 0) is 52.7 Å². The normalized spacial score (nSPS) is 18.8. The van der Waals surface area contributed by atoms with Gasteiger partial charge in [-0.3, -0.25) is 4.99 Å². The molecule has 3 aromatic rings. The van der Waals surface area contributed by atoms with E-state index in [4.69, 9.17) is 0 Å². The molecule has 31 heavy (non-hydrogen) atoms. The van der Waals surface area contributed by atoms with Gasteiger partial charge in [-0.2, -0.15) is 13.2 Å². The number of benzene rings is 3. The molecule has 4 rings (SSSR count). The predicted molar refractivity (Wildman–Crippen MR) is 110 cm³/mol. The lowest BCUT2D eigenvalue weighted by Gasteiger charge is -2.13. The lowest BCUT2D eigenvalue weighted by Crippen LogP contribution is -2.13. The lowest BCUT2D eigenvalue weighted by molar-refractivity contribution is -0.0328. The van der Waals surface area contributed by atoms with Gasteiger partial charge in [-0.25, -0.2) is 8.78 Å². The van der Waals surface area contributed by atoms with Gasteiger partial charge in [0, 0.05) is 11.3 Å². The summed E-state index contributed by atoms with van der Waals surface area (Å²) in [5.74, 6) is -1.46. The molecule has 0 radical (unpaired) electrons. The summed E-state index contributed by atoms with van der Waals surface area (Å²) >= 11 is -0.171. The molecule has 160 valence electrons. The molecule has 0 fully saturated rings. The second-order valence-electron chi connectivity index (χ2n) is 7.08. The Bertz CT molecular complexity index is 1090. The topological polar surface area (TPSA) is 32.6 Å². The van der Waals surface area contributed by atoms with Crippen LogP contribution in [0.25, 0.3) is 11.1 Å². The average molecular weight is 449 g/mol. The number of aliphatic hydroxyl groups excluding tert-OH is 1. The highest BCUT2D eigenvalue weighted by Crippen LogP contribution is 2.38. The number of aliphatic hydroxyl groups is 1. The summed E-state index contributed by atoms with van der Waals surface area (Å²) in [5.41, 5.74) is -2.19. The molecule has 0 amide bonds. The van der Waals surface area contributed by atoms with Gasteiger partial charge in [0.05, 0.1) is 17.4 Å². The van der Waals surface area contributed by atoms with Gasteiger partial charge in [0.25, 0.3) is 0 Å². The zero-order valence-electron chi connectivity index (χ0n) is 15.9. The van der Waals surface area contributed by atoms with Crippen LogP contribution in [0.3, 0.4) is 0 Å². The summed E-state index contributed by atoms with van der Waals surface area (Å²) in [6.07, 6.45) is -0.888. The molecule has 0 aromatic heterocycles. The van der Waals surface area contributed by atoms with Crippen molar-refractivity contribution in [1.29, 1.82) is 0 Å². The zero-order chi connectivity index (χ0) is 22.2. The van der Waals surface area contributed by atoms with Crippen molar-refractivity contribution in [3.8, 4) is 11.1 Å². The van der Waals surface area contributed by atoms with E-state index in [2.05, 4.69) is 4.99 Å². The molecule has 2 atom stereocenters. The number of thioether (sulfide) groups is 1. The van der Waals surface area contributed by atoms with Crippen LogP contribution >= 0.6 is 11.8 Å². The zero-order valence-corrected chi connectivity index (χ0v) is 16.7. The Balaban J connectivity index is 1.55. The number of nitrogens with zero attached hydrogens (tertiary/aromatic N) is 1. The van der Waals surface area contributed by atoms with Crippen molar-refractivity contribution in [3.63, 3.8) is 0 Å². The highest BCUT2D eigenvalue weighted by molar-refractivity contribution is 8.00. The molecular formula is C23H16F5NOS. The van der Waals surface area contributed by atoms with Gasteiger partial charge in [0.1, 0.15) is 17.7 Å². The fraction of sp³-hybridized carbons (Fsp3) is 0.174. The first kappa shape index (κ1) is 21.5. The second-order valence-corrected chi connectivity index (χ2v) is 8.22. The van der Waals surface area contributed by atoms with E-state index in [1.807, 2.05) is 0 Å². The molecular weight excluding hydrogens is 433 g/mol. The van der Waals surface area contributed by atoms with Crippen LogP contribution in [-0.4, -0.2) is 22.4 Å². The Morgan fingerprint density at radius 2 is 1.39 bits per heavy atom. The fourth-order valence-electron chi connectivity index (χ4n) is 3.57. The Hall–Kier alpha value is -2.71. The van der Waals surface area contributed by atoms with Crippen molar-refractivity contribution in [2.75, 3.05) is 0 Å². The van der Waals surface area contributed by atoms with E-state index in [9.17, 15) is 27.1 Å². The summed E-state index contributed by atoms with van der Waals surface area (Å²) in [4.78, 5) is 4.46. The van der Waals surface area contributed by atoms with E-state index in [1.54, 1.807) is 36.4 Å². The molecule has 3 aromatic carbocycles. The maximum atomic E-state index is 14.1.